The van der Waals surface area contributed by atoms with E-state index in [1.165, 1.54) is 0 Å². The summed E-state index contributed by atoms with van der Waals surface area (Å²) in [5, 5.41) is 9.90. The maximum Gasteiger partial charge on any atom is 0.342 e. The molecule has 20 heavy (non-hydrogen) atoms. The molecule has 0 saturated carbocycles. The highest BCUT2D eigenvalue weighted by Crippen LogP contribution is 2.23. The van der Waals surface area contributed by atoms with Crippen LogP contribution in [0.1, 0.15) is 28.7 Å². The number of fused-ring (bicyclic) bond motifs is 3. The van der Waals surface area contributed by atoms with E-state index in [9.17, 15) is 4.79 Å². The summed E-state index contributed by atoms with van der Waals surface area (Å²) in [6, 6.07) is 3.86. The maximum atomic E-state index is 12.1. The molecule has 0 bridgehead atoms. The molecular weight excluding hydrogens is 256 g/mol. The number of rotatable bonds is 2. The van der Waals surface area contributed by atoms with E-state index in [1.54, 1.807) is 16.1 Å². The molecule has 0 aliphatic rings. The van der Waals surface area contributed by atoms with Crippen LogP contribution >= 0.6 is 0 Å². The summed E-state index contributed by atoms with van der Waals surface area (Å²) < 4.78 is 8.65. The van der Waals surface area contributed by atoms with Crippen molar-refractivity contribution in [2.75, 3.05) is 6.61 Å². The van der Waals surface area contributed by atoms with Crippen LogP contribution in [0.15, 0.2) is 12.1 Å². The Labute approximate surface area is 115 Å². The molecule has 104 valence electrons. The van der Waals surface area contributed by atoms with Gasteiger partial charge < -0.3 is 4.74 Å². The highest BCUT2D eigenvalue weighted by molar-refractivity contribution is 5.99. The molecule has 0 saturated heterocycles. The van der Waals surface area contributed by atoms with Gasteiger partial charge in [-0.05, 0) is 32.9 Å². The van der Waals surface area contributed by atoms with Crippen LogP contribution in [0.4, 0.5) is 0 Å². The molecule has 0 aromatic carbocycles. The summed E-state index contributed by atoms with van der Waals surface area (Å²) in [7, 11) is 1.87. The molecule has 0 amide bonds. The van der Waals surface area contributed by atoms with Crippen LogP contribution in [0.5, 0.6) is 0 Å². The van der Waals surface area contributed by atoms with Gasteiger partial charge in [-0.25, -0.2) is 9.31 Å². The molecule has 3 aromatic heterocycles. The van der Waals surface area contributed by atoms with Crippen molar-refractivity contribution in [3.63, 3.8) is 0 Å². The van der Waals surface area contributed by atoms with E-state index in [1.807, 2.05) is 33.0 Å². The molecule has 3 heterocycles. The van der Waals surface area contributed by atoms with Crippen molar-refractivity contribution in [2.24, 2.45) is 7.05 Å². The van der Waals surface area contributed by atoms with Gasteiger partial charge in [0.25, 0.3) is 0 Å². The standard InChI is InChI=1S/C14H16N4O2/c1-5-20-14(19)12-9(3)16-18-11(12)7-6-10-8(2)15-17(4)13(10)18/h6-7H,5H2,1-4H3. The third-order valence-electron chi connectivity index (χ3n) is 3.42. The topological polar surface area (TPSA) is 61.4 Å². The van der Waals surface area contributed by atoms with Gasteiger partial charge in [0, 0.05) is 12.4 Å². The van der Waals surface area contributed by atoms with Crippen molar-refractivity contribution >= 4 is 22.5 Å². The number of carbonyl (C=O) groups excluding carboxylic acids is 1. The molecule has 3 aromatic rings. The Morgan fingerprint density at radius 1 is 1.25 bits per heavy atom. The van der Waals surface area contributed by atoms with Gasteiger partial charge in [-0.1, -0.05) is 0 Å². The summed E-state index contributed by atoms with van der Waals surface area (Å²) >= 11 is 0. The fourth-order valence-corrected chi connectivity index (χ4v) is 2.59. The zero-order chi connectivity index (χ0) is 14.4. The van der Waals surface area contributed by atoms with Crippen molar-refractivity contribution in [1.29, 1.82) is 0 Å². The van der Waals surface area contributed by atoms with Gasteiger partial charge in [0.1, 0.15) is 5.56 Å². The summed E-state index contributed by atoms with van der Waals surface area (Å²) in [6.45, 7) is 5.91. The molecular formula is C14H16N4O2. The van der Waals surface area contributed by atoms with Crippen LogP contribution < -0.4 is 0 Å². The fourth-order valence-electron chi connectivity index (χ4n) is 2.59. The predicted octanol–water partition coefficient (Wildman–Crippen LogP) is 2.01. The molecule has 0 radical (unpaired) electrons. The van der Waals surface area contributed by atoms with Crippen molar-refractivity contribution in [2.45, 2.75) is 20.8 Å². The number of nitrogens with zero attached hydrogens (tertiary/aromatic N) is 4. The minimum Gasteiger partial charge on any atom is -0.462 e. The van der Waals surface area contributed by atoms with Crippen LogP contribution in [-0.2, 0) is 11.8 Å². The van der Waals surface area contributed by atoms with E-state index in [2.05, 4.69) is 10.2 Å². The lowest BCUT2D eigenvalue weighted by atomic mass is 10.2. The second-order valence-electron chi connectivity index (χ2n) is 4.76. The molecule has 0 spiro atoms. The monoisotopic (exact) mass is 272 g/mol. The van der Waals surface area contributed by atoms with Crippen LogP contribution in [0, 0.1) is 13.8 Å². The van der Waals surface area contributed by atoms with Crippen LogP contribution in [-0.4, -0.2) is 32.0 Å². The maximum absolute atomic E-state index is 12.1. The van der Waals surface area contributed by atoms with Crippen LogP contribution in [0.3, 0.4) is 0 Å². The zero-order valence-electron chi connectivity index (χ0n) is 12.0. The first-order chi connectivity index (χ1) is 9.54. The molecule has 6 nitrogen and oxygen atoms in total. The Hall–Kier alpha value is -2.37. The van der Waals surface area contributed by atoms with E-state index in [0.29, 0.717) is 17.9 Å². The quantitative estimate of drug-likeness (QED) is 0.669. The lowest BCUT2D eigenvalue weighted by Gasteiger charge is -2.02. The molecule has 0 N–H and O–H groups in total. The van der Waals surface area contributed by atoms with E-state index < -0.39 is 0 Å². The molecule has 0 aliphatic heterocycles. The number of carbonyl (C=O) groups is 1. The summed E-state index contributed by atoms with van der Waals surface area (Å²) in [6.07, 6.45) is 0. The van der Waals surface area contributed by atoms with Gasteiger partial charge >= 0.3 is 5.97 Å². The number of hydrogen-bond donors (Lipinski definition) is 0. The van der Waals surface area contributed by atoms with Crippen LogP contribution in [0.25, 0.3) is 16.6 Å². The highest BCUT2D eigenvalue weighted by atomic mass is 16.5. The lowest BCUT2D eigenvalue weighted by Crippen LogP contribution is -2.05. The Morgan fingerprint density at radius 2 is 2.00 bits per heavy atom. The fraction of sp³-hybridized carbons (Fsp3) is 0.357. The molecule has 6 heteroatoms. The van der Waals surface area contributed by atoms with Crippen molar-refractivity contribution in [1.82, 2.24) is 19.4 Å². The largest absolute Gasteiger partial charge is 0.462 e. The SMILES string of the molecule is CCOC(=O)c1c(C)nn2c1ccc1c(C)nn(C)c12. The Morgan fingerprint density at radius 3 is 2.70 bits per heavy atom. The number of ether oxygens (including phenoxy) is 1. The van der Waals surface area contributed by atoms with Gasteiger partial charge in [-0.3, -0.25) is 4.68 Å². The normalized spacial score (nSPS) is 11.4. The smallest absolute Gasteiger partial charge is 0.342 e. The lowest BCUT2D eigenvalue weighted by molar-refractivity contribution is 0.0528. The second-order valence-corrected chi connectivity index (χ2v) is 4.76. The second kappa shape index (κ2) is 4.33. The third kappa shape index (κ3) is 1.61. The molecule has 0 fully saturated rings. The van der Waals surface area contributed by atoms with Crippen molar-refractivity contribution in [3.8, 4) is 0 Å². The zero-order valence-corrected chi connectivity index (χ0v) is 12.0. The first-order valence-corrected chi connectivity index (χ1v) is 6.53. The summed E-state index contributed by atoms with van der Waals surface area (Å²) in [5.74, 6) is -0.335. The van der Waals surface area contributed by atoms with Crippen molar-refractivity contribution < 1.29 is 9.53 Å². The first-order valence-electron chi connectivity index (χ1n) is 6.53. The Balaban J connectivity index is 2.38. The minimum absolute atomic E-state index is 0.335. The first kappa shape index (κ1) is 12.7. The summed E-state index contributed by atoms with van der Waals surface area (Å²) in [4.78, 5) is 12.1. The molecule has 0 aliphatic carbocycles. The van der Waals surface area contributed by atoms with Crippen molar-refractivity contribution in [3.05, 3.63) is 29.1 Å². The predicted molar refractivity (Wildman–Crippen MR) is 74.9 cm³/mol. The number of aryl methyl sites for hydroxylation is 3. The van der Waals surface area contributed by atoms with E-state index in [-0.39, 0.29) is 5.97 Å². The van der Waals surface area contributed by atoms with Gasteiger partial charge in [0.05, 0.1) is 23.5 Å². The molecule has 0 unspecified atom stereocenters. The highest BCUT2D eigenvalue weighted by Gasteiger charge is 2.20. The number of hydrogen-bond acceptors (Lipinski definition) is 4. The third-order valence-corrected chi connectivity index (χ3v) is 3.42. The number of aromatic nitrogens is 4. The van der Waals surface area contributed by atoms with Gasteiger partial charge in [-0.2, -0.15) is 10.2 Å². The van der Waals surface area contributed by atoms with Gasteiger partial charge in [0.2, 0.25) is 0 Å². The molecule has 0 atom stereocenters. The van der Waals surface area contributed by atoms with E-state index in [4.69, 9.17) is 4.74 Å². The number of esters is 1. The molecule has 3 rings (SSSR count). The number of pyridine rings is 1. The van der Waals surface area contributed by atoms with E-state index >= 15 is 0 Å². The average Bonchev–Trinajstić information content (AvgIpc) is 2.86. The average molecular weight is 272 g/mol. The van der Waals surface area contributed by atoms with Crippen LogP contribution in [0.2, 0.25) is 0 Å². The van der Waals surface area contributed by atoms with Gasteiger partial charge in [-0.15, -0.1) is 0 Å². The van der Waals surface area contributed by atoms with E-state index in [0.717, 1.165) is 22.2 Å². The van der Waals surface area contributed by atoms with Gasteiger partial charge in [0.15, 0.2) is 5.65 Å². The minimum atomic E-state index is -0.335. The Kier molecular flexibility index (Phi) is 2.74. The summed E-state index contributed by atoms with van der Waals surface area (Å²) in [5.41, 5.74) is 3.74. The Bertz CT molecular complexity index is 829.